The van der Waals surface area contributed by atoms with E-state index in [1.807, 2.05) is 24.3 Å². The first kappa shape index (κ1) is 24.8. The van der Waals surface area contributed by atoms with E-state index in [1.54, 1.807) is 24.3 Å². The molecular formula is C25H27N3O4. The van der Waals surface area contributed by atoms with Crippen LogP contribution in [0.3, 0.4) is 0 Å². The fourth-order valence-electron chi connectivity index (χ4n) is 2.80. The van der Waals surface area contributed by atoms with Gasteiger partial charge in [0.1, 0.15) is 12.6 Å². The molecule has 0 fully saturated rings. The Balaban J connectivity index is 1.99. The second-order valence-electron chi connectivity index (χ2n) is 7.06. The molecule has 2 aromatic carbocycles. The lowest BCUT2D eigenvalue weighted by Gasteiger charge is -2.19. The molecule has 0 bridgehead atoms. The van der Waals surface area contributed by atoms with Gasteiger partial charge in [-0.1, -0.05) is 24.0 Å². The maximum atomic E-state index is 12.3. The van der Waals surface area contributed by atoms with E-state index in [1.165, 1.54) is 6.92 Å². The Morgan fingerprint density at radius 1 is 1.06 bits per heavy atom. The Morgan fingerprint density at radius 3 is 2.38 bits per heavy atom. The minimum Gasteiger partial charge on any atom is -0.391 e. The summed E-state index contributed by atoms with van der Waals surface area (Å²) in [6, 6.07) is 13.1. The van der Waals surface area contributed by atoms with E-state index in [0.717, 1.165) is 24.2 Å². The number of carbonyl (C=O) groups excluding carboxylic acids is 2. The molecule has 7 nitrogen and oxygen atoms in total. The normalized spacial score (nSPS) is 11.9. The first-order chi connectivity index (χ1) is 15.4. The van der Waals surface area contributed by atoms with Gasteiger partial charge in [-0.2, -0.15) is 0 Å². The highest BCUT2D eigenvalue weighted by Gasteiger charge is 2.25. The number of ketones is 1. The molecule has 0 unspecified atom stereocenters. The lowest BCUT2D eigenvalue weighted by molar-refractivity contribution is -0.125. The zero-order chi connectivity index (χ0) is 23.3. The average molecular weight is 434 g/mol. The number of nitrogens with one attached hydrogen (secondary N) is 2. The maximum Gasteiger partial charge on any atom is 0.251 e. The number of aliphatic hydroxyl groups is 2. The van der Waals surface area contributed by atoms with Crippen LogP contribution in [0.4, 0.5) is 0 Å². The Morgan fingerprint density at radius 2 is 1.75 bits per heavy atom. The molecule has 0 spiro atoms. The number of hydrogen-bond donors (Lipinski definition) is 5. The van der Waals surface area contributed by atoms with Crippen molar-refractivity contribution in [3.8, 4) is 23.7 Å². The monoisotopic (exact) mass is 433 g/mol. The highest BCUT2D eigenvalue weighted by atomic mass is 16.3. The van der Waals surface area contributed by atoms with Gasteiger partial charge in [-0.15, -0.1) is 0 Å². The summed E-state index contributed by atoms with van der Waals surface area (Å²) in [5, 5.41) is 24.3. The zero-order valence-corrected chi connectivity index (χ0v) is 17.9. The summed E-state index contributed by atoms with van der Waals surface area (Å²) in [5.41, 5.74) is 8.43. The van der Waals surface area contributed by atoms with E-state index in [4.69, 9.17) is 10.8 Å². The van der Waals surface area contributed by atoms with Crippen molar-refractivity contribution in [3.05, 3.63) is 70.8 Å². The molecule has 0 aliphatic carbocycles. The van der Waals surface area contributed by atoms with Crippen molar-refractivity contribution in [1.29, 1.82) is 0 Å². The Kier molecular flexibility index (Phi) is 10.1. The molecular weight excluding hydrogens is 406 g/mol. The highest BCUT2D eigenvalue weighted by molar-refractivity contribution is 5.98. The molecule has 32 heavy (non-hydrogen) atoms. The van der Waals surface area contributed by atoms with Gasteiger partial charge in [0, 0.05) is 36.3 Å². The Bertz CT molecular complexity index is 1040. The van der Waals surface area contributed by atoms with E-state index in [9.17, 15) is 14.7 Å². The van der Waals surface area contributed by atoms with Gasteiger partial charge in [-0.05, 0) is 60.7 Å². The van der Waals surface area contributed by atoms with Crippen LogP contribution in [0.2, 0.25) is 0 Å². The van der Waals surface area contributed by atoms with Crippen LogP contribution in [0, 0.1) is 23.7 Å². The summed E-state index contributed by atoms with van der Waals surface area (Å²) in [4.78, 5) is 23.9. The first-order valence-electron chi connectivity index (χ1n) is 10.2. The van der Waals surface area contributed by atoms with E-state index < -0.39 is 30.4 Å². The predicted molar refractivity (Wildman–Crippen MR) is 122 cm³/mol. The van der Waals surface area contributed by atoms with Crippen LogP contribution in [-0.4, -0.2) is 53.7 Å². The molecule has 2 rings (SSSR count). The Hall–Kier alpha value is -3.46. The summed E-state index contributed by atoms with van der Waals surface area (Å²) < 4.78 is 0. The minimum absolute atomic E-state index is 0.304. The molecule has 2 atom stereocenters. The van der Waals surface area contributed by atoms with Gasteiger partial charge in [-0.3, -0.25) is 9.59 Å². The molecule has 7 heteroatoms. The molecule has 0 aliphatic rings. The quantitative estimate of drug-likeness (QED) is 0.284. The number of Topliss-reactive ketones (excluding diaryl/α,β-unsaturated/α-hetero) is 1. The van der Waals surface area contributed by atoms with Crippen molar-refractivity contribution in [1.82, 2.24) is 10.6 Å². The van der Waals surface area contributed by atoms with Crippen molar-refractivity contribution in [3.63, 3.8) is 0 Å². The molecule has 2 aromatic rings. The van der Waals surface area contributed by atoms with Crippen LogP contribution >= 0.6 is 0 Å². The summed E-state index contributed by atoms with van der Waals surface area (Å²) in [5.74, 6) is 10.3. The van der Waals surface area contributed by atoms with Gasteiger partial charge >= 0.3 is 0 Å². The second kappa shape index (κ2) is 13.1. The molecule has 0 saturated carbocycles. The van der Waals surface area contributed by atoms with Gasteiger partial charge < -0.3 is 26.6 Å². The summed E-state index contributed by atoms with van der Waals surface area (Å²) in [6.45, 7) is 2.68. The van der Waals surface area contributed by atoms with Crippen LogP contribution in [0.1, 0.15) is 34.0 Å². The number of benzene rings is 2. The number of rotatable bonds is 9. The molecule has 0 radical (unpaired) electrons. The zero-order valence-electron chi connectivity index (χ0n) is 17.9. The van der Waals surface area contributed by atoms with Crippen LogP contribution in [0.15, 0.2) is 48.5 Å². The molecule has 6 N–H and O–H groups in total. The lowest BCUT2D eigenvalue weighted by Crippen LogP contribution is -2.48. The average Bonchev–Trinajstić information content (AvgIpc) is 2.80. The van der Waals surface area contributed by atoms with Gasteiger partial charge in [0.25, 0.3) is 5.91 Å². The van der Waals surface area contributed by atoms with Crippen molar-refractivity contribution in [2.24, 2.45) is 5.73 Å². The Labute approximate surface area is 188 Å². The van der Waals surface area contributed by atoms with Crippen LogP contribution in [-0.2, 0) is 11.3 Å². The summed E-state index contributed by atoms with van der Waals surface area (Å²) in [6.07, 6.45) is -1.12. The number of aliphatic hydroxyl groups excluding tert-OH is 2. The van der Waals surface area contributed by atoms with E-state index >= 15 is 0 Å². The SMILES string of the molecule is C[C@@H](O)[C@H](NC(=O)c1ccc(C#CC#Cc2cccc(CNCCN)c2)cc1)C(=O)CO. The standard InChI is InChI=1S/C25H27N3O4/c1-18(30)24(23(31)17-29)28-25(32)22-11-9-19(10-12-22)5-2-3-6-20-7-4-8-21(15-20)16-27-14-13-26/h4,7-12,15,18,24,27,29-30H,13-14,16-17,26H2,1H3,(H,28,32)/t18-,24+/m1/s1. The molecule has 0 aliphatic heterocycles. The van der Waals surface area contributed by atoms with Crippen molar-refractivity contribution >= 4 is 11.7 Å². The van der Waals surface area contributed by atoms with Crippen LogP contribution in [0.25, 0.3) is 0 Å². The summed E-state index contributed by atoms with van der Waals surface area (Å²) in [7, 11) is 0. The maximum absolute atomic E-state index is 12.3. The van der Waals surface area contributed by atoms with Crippen LogP contribution < -0.4 is 16.4 Å². The van der Waals surface area contributed by atoms with E-state index in [0.29, 0.717) is 17.7 Å². The topological polar surface area (TPSA) is 125 Å². The fraction of sp³-hybridized carbons (Fsp3) is 0.280. The van der Waals surface area contributed by atoms with Gasteiger partial charge in [0.15, 0.2) is 5.78 Å². The molecule has 1 amide bonds. The van der Waals surface area contributed by atoms with Gasteiger partial charge in [-0.25, -0.2) is 0 Å². The number of carbonyl (C=O) groups is 2. The van der Waals surface area contributed by atoms with Crippen molar-refractivity contribution < 1.29 is 19.8 Å². The number of nitrogens with two attached hydrogens (primary N) is 1. The second-order valence-corrected chi connectivity index (χ2v) is 7.06. The lowest BCUT2D eigenvalue weighted by atomic mass is 10.1. The predicted octanol–water partition coefficient (Wildman–Crippen LogP) is 0.179. The smallest absolute Gasteiger partial charge is 0.251 e. The van der Waals surface area contributed by atoms with Crippen molar-refractivity contribution in [2.75, 3.05) is 19.7 Å². The molecule has 166 valence electrons. The molecule has 0 aromatic heterocycles. The number of hydrogen-bond acceptors (Lipinski definition) is 6. The summed E-state index contributed by atoms with van der Waals surface area (Å²) >= 11 is 0. The van der Waals surface area contributed by atoms with Gasteiger partial charge in [0.05, 0.1) is 6.10 Å². The largest absolute Gasteiger partial charge is 0.391 e. The highest BCUT2D eigenvalue weighted by Crippen LogP contribution is 2.06. The molecule has 0 saturated heterocycles. The van der Waals surface area contributed by atoms with E-state index in [2.05, 4.69) is 34.3 Å². The van der Waals surface area contributed by atoms with Gasteiger partial charge in [0.2, 0.25) is 0 Å². The fourth-order valence-corrected chi connectivity index (χ4v) is 2.80. The third-order valence-electron chi connectivity index (χ3n) is 4.47. The first-order valence-corrected chi connectivity index (χ1v) is 10.2. The number of amides is 1. The molecule has 0 heterocycles. The minimum atomic E-state index is -1.17. The van der Waals surface area contributed by atoms with Crippen molar-refractivity contribution in [2.45, 2.75) is 25.6 Å². The third kappa shape index (κ3) is 7.99. The van der Waals surface area contributed by atoms with Crippen LogP contribution in [0.5, 0.6) is 0 Å². The third-order valence-corrected chi connectivity index (χ3v) is 4.47. The van der Waals surface area contributed by atoms with E-state index in [-0.39, 0.29) is 0 Å².